The highest BCUT2D eigenvalue weighted by Gasteiger charge is 2.12. The molecule has 0 radical (unpaired) electrons. The fourth-order valence-corrected chi connectivity index (χ4v) is 1.73. The van der Waals surface area contributed by atoms with Crippen molar-refractivity contribution >= 4 is 27.7 Å². The highest BCUT2D eigenvalue weighted by atomic mass is 79.9. The van der Waals surface area contributed by atoms with Crippen LogP contribution in [0.3, 0.4) is 0 Å². The standard InChI is InChI=1S/C12H18BrN3O/c1-3-5-6-15-12(17)10-7-9(13)8-16-11(10)14-4-2/h7-8H,3-6H2,1-2H3,(H,14,16)(H,15,17). The molecule has 0 aliphatic heterocycles. The van der Waals surface area contributed by atoms with Gasteiger partial charge in [0.2, 0.25) is 0 Å². The van der Waals surface area contributed by atoms with Gasteiger partial charge in [0.05, 0.1) is 5.56 Å². The van der Waals surface area contributed by atoms with Gasteiger partial charge in [0, 0.05) is 23.8 Å². The van der Waals surface area contributed by atoms with E-state index in [0.29, 0.717) is 17.9 Å². The summed E-state index contributed by atoms with van der Waals surface area (Å²) in [6.45, 7) is 5.51. The van der Waals surface area contributed by atoms with Gasteiger partial charge in [-0.2, -0.15) is 0 Å². The van der Waals surface area contributed by atoms with Crippen LogP contribution >= 0.6 is 15.9 Å². The number of carbonyl (C=O) groups excluding carboxylic acids is 1. The third kappa shape index (κ3) is 4.34. The first-order valence-electron chi connectivity index (χ1n) is 5.86. The molecule has 1 aromatic rings. The Morgan fingerprint density at radius 2 is 2.24 bits per heavy atom. The molecule has 5 heteroatoms. The van der Waals surface area contributed by atoms with Gasteiger partial charge in [0.15, 0.2) is 0 Å². The molecular formula is C12H18BrN3O. The van der Waals surface area contributed by atoms with Crippen molar-refractivity contribution in [3.05, 3.63) is 22.3 Å². The summed E-state index contributed by atoms with van der Waals surface area (Å²) in [7, 11) is 0. The Bertz CT molecular complexity index is 382. The minimum absolute atomic E-state index is 0.0804. The molecule has 0 atom stereocenters. The maximum absolute atomic E-state index is 12.0. The lowest BCUT2D eigenvalue weighted by Gasteiger charge is -2.10. The zero-order chi connectivity index (χ0) is 12.7. The molecule has 4 nitrogen and oxygen atoms in total. The second-order valence-corrected chi connectivity index (χ2v) is 4.61. The fraction of sp³-hybridized carbons (Fsp3) is 0.500. The van der Waals surface area contributed by atoms with E-state index >= 15 is 0 Å². The van der Waals surface area contributed by atoms with Gasteiger partial charge >= 0.3 is 0 Å². The Kier molecular flexibility index (Phi) is 5.97. The van der Waals surface area contributed by atoms with E-state index in [2.05, 4.69) is 38.5 Å². The summed E-state index contributed by atoms with van der Waals surface area (Å²) in [6.07, 6.45) is 3.74. The maximum Gasteiger partial charge on any atom is 0.255 e. The van der Waals surface area contributed by atoms with Gasteiger partial charge in [-0.25, -0.2) is 4.98 Å². The Morgan fingerprint density at radius 3 is 2.88 bits per heavy atom. The number of amides is 1. The lowest BCUT2D eigenvalue weighted by atomic mass is 10.2. The van der Waals surface area contributed by atoms with E-state index in [4.69, 9.17) is 0 Å². The largest absolute Gasteiger partial charge is 0.370 e. The Labute approximate surface area is 110 Å². The number of carbonyl (C=O) groups is 1. The number of rotatable bonds is 6. The molecule has 1 heterocycles. The van der Waals surface area contributed by atoms with Crippen LogP contribution in [0.1, 0.15) is 37.0 Å². The van der Waals surface area contributed by atoms with E-state index in [1.165, 1.54) is 0 Å². The number of hydrogen-bond acceptors (Lipinski definition) is 3. The van der Waals surface area contributed by atoms with Crippen molar-refractivity contribution < 1.29 is 4.79 Å². The van der Waals surface area contributed by atoms with Crippen LogP contribution in [0.15, 0.2) is 16.7 Å². The third-order valence-corrected chi connectivity index (χ3v) is 2.69. The van der Waals surface area contributed by atoms with Gasteiger partial charge in [0.25, 0.3) is 5.91 Å². The van der Waals surface area contributed by atoms with Crippen molar-refractivity contribution in [3.63, 3.8) is 0 Å². The number of nitrogens with one attached hydrogen (secondary N) is 2. The van der Waals surface area contributed by atoms with Crippen molar-refractivity contribution in [2.75, 3.05) is 18.4 Å². The van der Waals surface area contributed by atoms with Gasteiger partial charge in [-0.05, 0) is 35.3 Å². The van der Waals surface area contributed by atoms with Crippen molar-refractivity contribution in [2.24, 2.45) is 0 Å². The summed E-state index contributed by atoms with van der Waals surface area (Å²) in [4.78, 5) is 16.2. The van der Waals surface area contributed by atoms with Gasteiger partial charge in [-0.3, -0.25) is 4.79 Å². The summed E-state index contributed by atoms with van der Waals surface area (Å²) in [5.74, 6) is 0.549. The van der Waals surface area contributed by atoms with Crippen LogP contribution in [-0.2, 0) is 0 Å². The molecule has 0 aromatic carbocycles. The lowest BCUT2D eigenvalue weighted by molar-refractivity contribution is 0.0953. The molecule has 1 rings (SSSR count). The monoisotopic (exact) mass is 299 g/mol. The Morgan fingerprint density at radius 1 is 1.47 bits per heavy atom. The van der Waals surface area contributed by atoms with Gasteiger partial charge in [-0.1, -0.05) is 13.3 Å². The van der Waals surface area contributed by atoms with Gasteiger partial charge in [-0.15, -0.1) is 0 Å². The quantitative estimate of drug-likeness (QED) is 0.794. The number of aromatic nitrogens is 1. The zero-order valence-corrected chi connectivity index (χ0v) is 11.8. The van der Waals surface area contributed by atoms with Crippen molar-refractivity contribution in [1.82, 2.24) is 10.3 Å². The molecule has 0 aliphatic carbocycles. The van der Waals surface area contributed by atoms with Gasteiger partial charge in [0.1, 0.15) is 5.82 Å². The van der Waals surface area contributed by atoms with Crippen molar-refractivity contribution in [1.29, 1.82) is 0 Å². The van der Waals surface area contributed by atoms with Crippen LogP contribution in [0.2, 0.25) is 0 Å². The summed E-state index contributed by atoms with van der Waals surface area (Å²) in [6, 6.07) is 1.78. The summed E-state index contributed by atoms with van der Waals surface area (Å²) < 4.78 is 0.805. The molecule has 0 saturated heterocycles. The molecular weight excluding hydrogens is 282 g/mol. The first-order valence-corrected chi connectivity index (χ1v) is 6.66. The maximum atomic E-state index is 12.0. The molecule has 94 valence electrons. The second kappa shape index (κ2) is 7.27. The molecule has 0 aliphatic rings. The number of halogens is 1. The van der Waals surface area contributed by atoms with Crippen LogP contribution in [-0.4, -0.2) is 24.0 Å². The Balaban J connectivity index is 2.78. The third-order valence-electron chi connectivity index (χ3n) is 2.26. The fourth-order valence-electron chi connectivity index (χ4n) is 1.39. The molecule has 2 N–H and O–H groups in total. The Hall–Kier alpha value is -1.10. The van der Waals surface area contributed by atoms with Crippen LogP contribution in [0, 0.1) is 0 Å². The molecule has 0 fully saturated rings. The van der Waals surface area contributed by atoms with E-state index in [9.17, 15) is 4.79 Å². The lowest BCUT2D eigenvalue weighted by Crippen LogP contribution is -2.25. The predicted octanol–water partition coefficient (Wildman–Crippen LogP) is 2.81. The molecule has 1 aromatic heterocycles. The molecule has 0 spiro atoms. The minimum atomic E-state index is -0.0804. The van der Waals surface area contributed by atoms with E-state index in [1.807, 2.05) is 6.92 Å². The summed E-state index contributed by atoms with van der Waals surface area (Å²) in [5.41, 5.74) is 0.581. The minimum Gasteiger partial charge on any atom is -0.370 e. The van der Waals surface area contributed by atoms with Crippen molar-refractivity contribution in [3.8, 4) is 0 Å². The average molecular weight is 300 g/mol. The van der Waals surface area contributed by atoms with E-state index in [-0.39, 0.29) is 5.91 Å². The van der Waals surface area contributed by atoms with Crippen LogP contribution in [0.4, 0.5) is 5.82 Å². The second-order valence-electron chi connectivity index (χ2n) is 3.69. The highest BCUT2D eigenvalue weighted by Crippen LogP contribution is 2.17. The highest BCUT2D eigenvalue weighted by molar-refractivity contribution is 9.10. The summed E-state index contributed by atoms with van der Waals surface area (Å²) in [5, 5.41) is 5.97. The number of unbranched alkanes of at least 4 members (excludes halogenated alkanes) is 1. The average Bonchev–Trinajstić information content (AvgIpc) is 2.32. The van der Waals surface area contributed by atoms with Crippen LogP contribution in [0.25, 0.3) is 0 Å². The van der Waals surface area contributed by atoms with E-state index in [0.717, 1.165) is 23.9 Å². The zero-order valence-electron chi connectivity index (χ0n) is 10.2. The molecule has 0 bridgehead atoms. The van der Waals surface area contributed by atoms with E-state index < -0.39 is 0 Å². The smallest absolute Gasteiger partial charge is 0.255 e. The molecule has 0 unspecified atom stereocenters. The topological polar surface area (TPSA) is 54.0 Å². The number of nitrogens with zero attached hydrogens (tertiary/aromatic N) is 1. The SMILES string of the molecule is CCCCNC(=O)c1cc(Br)cnc1NCC. The number of anilines is 1. The first kappa shape index (κ1) is 14.0. The predicted molar refractivity (Wildman–Crippen MR) is 73.3 cm³/mol. The van der Waals surface area contributed by atoms with Crippen molar-refractivity contribution in [2.45, 2.75) is 26.7 Å². The van der Waals surface area contributed by atoms with E-state index in [1.54, 1.807) is 12.3 Å². The van der Waals surface area contributed by atoms with Crippen LogP contribution < -0.4 is 10.6 Å². The molecule has 0 saturated carbocycles. The molecule has 1 amide bonds. The molecule has 17 heavy (non-hydrogen) atoms. The number of hydrogen-bond donors (Lipinski definition) is 2. The number of pyridine rings is 1. The first-order chi connectivity index (χ1) is 8.19. The van der Waals surface area contributed by atoms with Crippen LogP contribution in [0.5, 0.6) is 0 Å². The van der Waals surface area contributed by atoms with Gasteiger partial charge < -0.3 is 10.6 Å². The normalized spacial score (nSPS) is 10.1. The summed E-state index contributed by atoms with van der Waals surface area (Å²) >= 11 is 3.33.